The molecular weight excluding hydrogens is 1120 g/mol. The Balaban J connectivity index is 1.02. The highest BCUT2D eigenvalue weighted by Gasteiger charge is 2.47. The minimum absolute atomic E-state index is 0.0521. The van der Waals surface area contributed by atoms with E-state index in [1.54, 1.807) is 60.7 Å². The molecule has 0 radical (unpaired) electrons. The standard InChI is InChI=1S/C59H73ClN4O20/c1-31-20-37(13-16-42(31)60)23-39(67)22-34-11-14-40(15-12-34)82-41-17-18-62-43(27-41)44(68)6-5-19-64(4)59(80)81-30-36-9-7-35(8-10-36)24-46(70)38(26-50(61)73)25-45(69)33(3)63-57(79)32(2)21-47(71)51(74)54(77)56(48(72)28-65)84-58-55(78)53(76)52(75)49(29-66)83-58/h7-18,20,27,32-33,38,48-49,51-56,58,65-66,72,74-78H,5-6,19,21-26,28-30H2,1-4H3,(H2,61,73)(H,63,79)/t32?,33?,38?,48-,49-,51+,52+,53+,54+,55-,56+,58+/m1/s1. The summed E-state index contributed by atoms with van der Waals surface area (Å²) in [6, 6.07) is 20.9. The topological polar surface area (TPSA) is 390 Å². The Hall–Kier alpha value is -6.94. The number of hydrogen-bond donors (Lipinski definition) is 10. The zero-order valence-corrected chi connectivity index (χ0v) is 47.6. The Bertz CT molecular complexity index is 2910. The molecule has 3 aromatic carbocycles. The van der Waals surface area contributed by atoms with E-state index in [2.05, 4.69) is 10.3 Å². The van der Waals surface area contributed by atoms with Gasteiger partial charge in [0.05, 0.1) is 19.3 Å². The van der Waals surface area contributed by atoms with Crippen LogP contribution < -0.4 is 15.8 Å². The zero-order chi connectivity index (χ0) is 61.9. The van der Waals surface area contributed by atoms with Crippen LogP contribution >= 0.6 is 11.6 Å². The van der Waals surface area contributed by atoms with Crippen molar-refractivity contribution in [2.24, 2.45) is 17.6 Å². The number of rotatable bonds is 33. The second kappa shape index (κ2) is 32.4. The van der Waals surface area contributed by atoms with E-state index in [0.29, 0.717) is 34.1 Å². The predicted molar refractivity (Wildman–Crippen MR) is 298 cm³/mol. The van der Waals surface area contributed by atoms with Crippen molar-refractivity contribution in [1.82, 2.24) is 15.2 Å². The summed E-state index contributed by atoms with van der Waals surface area (Å²) in [5.41, 5.74) is 9.30. The summed E-state index contributed by atoms with van der Waals surface area (Å²) in [5, 5.41) is 84.5. The van der Waals surface area contributed by atoms with Crippen LogP contribution in [0.2, 0.25) is 5.02 Å². The van der Waals surface area contributed by atoms with Gasteiger partial charge in [-0.15, -0.1) is 0 Å². The third-order valence-electron chi connectivity index (χ3n) is 14.0. The number of ether oxygens (including phenoxy) is 4. The Labute approximate surface area is 489 Å². The molecule has 0 aliphatic carbocycles. The molecule has 11 N–H and O–H groups in total. The number of primary amides is 1. The van der Waals surface area contributed by atoms with Crippen LogP contribution in [0.3, 0.4) is 0 Å². The van der Waals surface area contributed by atoms with Crippen molar-refractivity contribution in [3.8, 4) is 11.5 Å². The maximum atomic E-state index is 13.5. The van der Waals surface area contributed by atoms with Gasteiger partial charge in [0.15, 0.2) is 23.6 Å². The molecule has 0 bridgehead atoms. The Morgan fingerprint density at radius 2 is 1.39 bits per heavy atom. The molecule has 0 spiro atoms. The van der Waals surface area contributed by atoms with Crippen LogP contribution in [0.4, 0.5) is 4.79 Å². The van der Waals surface area contributed by atoms with Gasteiger partial charge in [0, 0.05) is 87.7 Å². The van der Waals surface area contributed by atoms with E-state index in [4.69, 9.17) is 36.3 Å². The van der Waals surface area contributed by atoms with Gasteiger partial charge in [0.1, 0.15) is 84.2 Å². The summed E-state index contributed by atoms with van der Waals surface area (Å²) >= 11 is 6.11. The van der Waals surface area contributed by atoms with Crippen molar-refractivity contribution in [2.45, 2.75) is 140 Å². The smallest absolute Gasteiger partial charge is 0.409 e. The molecular formula is C59H73ClN4O20. The number of pyridine rings is 1. The van der Waals surface area contributed by atoms with E-state index >= 15 is 0 Å². The van der Waals surface area contributed by atoms with Crippen molar-refractivity contribution in [2.75, 3.05) is 26.8 Å². The molecule has 2 heterocycles. The third-order valence-corrected chi connectivity index (χ3v) is 14.4. The molecule has 3 amide bonds. The van der Waals surface area contributed by atoms with Crippen molar-refractivity contribution in [3.05, 3.63) is 124 Å². The van der Waals surface area contributed by atoms with Crippen LogP contribution in [0.25, 0.3) is 0 Å². The zero-order valence-electron chi connectivity index (χ0n) is 46.8. The van der Waals surface area contributed by atoms with Gasteiger partial charge >= 0.3 is 6.09 Å². The summed E-state index contributed by atoms with van der Waals surface area (Å²) in [6.45, 7) is 2.55. The molecule has 84 heavy (non-hydrogen) atoms. The summed E-state index contributed by atoms with van der Waals surface area (Å²) < 4.78 is 21.9. The molecule has 24 nitrogen and oxygen atoms in total. The van der Waals surface area contributed by atoms with E-state index < -0.39 is 141 Å². The molecule has 12 atom stereocenters. The lowest BCUT2D eigenvalue weighted by Crippen LogP contribution is -2.61. The number of benzene rings is 3. The number of aromatic nitrogens is 1. The normalized spacial score (nSPS) is 19.3. The first-order valence-corrected chi connectivity index (χ1v) is 27.4. The number of halogens is 1. The van der Waals surface area contributed by atoms with Gasteiger partial charge in [-0.3, -0.25) is 38.5 Å². The van der Waals surface area contributed by atoms with Gasteiger partial charge in [-0.05, 0) is 72.4 Å². The number of hydrogen-bond acceptors (Lipinski definition) is 21. The highest BCUT2D eigenvalue weighted by Crippen LogP contribution is 2.27. The van der Waals surface area contributed by atoms with Gasteiger partial charge in [-0.25, -0.2) is 4.79 Å². The molecule has 1 aliphatic heterocycles. The van der Waals surface area contributed by atoms with E-state index in [1.807, 2.05) is 19.1 Å². The lowest BCUT2D eigenvalue weighted by atomic mass is 9.88. The number of aliphatic hydroxyl groups excluding tert-OH is 8. The number of ketones is 5. The molecule has 0 saturated carbocycles. The fourth-order valence-electron chi connectivity index (χ4n) is 8.94. The van der Waals surface area contributed by atoms with Crippen LogP contribution in [0.1, 0.15) is 84.3 Å². The third kappa shape index (κ3) is 20.1. The van der Waals surface area contributed by atoms with E-state index in [9.17, 15) is 79.2 Å². The number of carbonyl (C=O) groups is 8. The molecule has 456 valence electrons. The van der Waals surface area contributed by atoms with Gasteiger partial charge in [-0.2, -0.15) is 0 Å². The van der Waals surface area contributed by atoms with E-state index in [-0.39, 0.29) is 56.1 Å². The van der Waals surface area contributed by atoms with E-state index in [0.717, 1.165) is 16.7 Å². The maximum Gasteiger partial charge on any atom is 0.409 e. The van der Waals surface area contributed by atoms with E-state index in [1.165, 1.54) is 38.1 Å². The first-order chi connectivity index (χ1) is 39.8. The van der Waals surface area contributed by atoms with Crippen LogP contribution in [0.5, 0.6) is 11.5 Å². The number of aryl methyl sites for hydroxylation is 1. The lowest BCUT2D eigenvalue weighted by molar-refractivity contribution is -0.326. The average Bonchev–Trinajstić information content (AvgIpc) is 3.44. The maximum absolute atomic E-state index is 13.5. The van der Waals surface area contributed by atoms with Gasteiger partial charge in [0.25, 0.3) is 0 Å². The van der Waals surface area contributed by atoms with Crippen LogP contribution in [0.15, 0.2) is 85.1 Å². The fourth-order valence-corrected chi connectivity index (χ4v) is 9.06. The fraction of sp³-hybridized carbons (Fsp3) is 0.475. The molecule has 1 saturated heterocycles. The Morgan fingerprint density at radius 3 is 2.04 bits per heavy atom. The monoisotopic (exact) mass is 1190 g/mol. The highest BCUT2D eigenvalue weighted by atomic mass is 35.5. The summed E-state index contributed by atoms with van der Waals surface area (Å²) in [5.74, 6) is -5.84. The quantitative estimate of drug-likeness (QED) is 0.0301. The number of carbonyl (C=O) groups excluding carboxylic acids is 8. The Kier molecular flexibility index (Phi) is 26.1. The minimum atomic E-state index is -2.38. The first-order valence-electron chi connectivity index (χ1n) is 27.0. The SMILES string of the molecule is Cc1cc(CC(=O)Cc2ccc(Oc3ccnc(C(=O)CCCN(C)C(=O)OCc4ccc(CC(=O)C(CC(N)=O)CC(=O)C(C)NC(=O)C(C)CC(=O)[C@H](O)[C@H](O)[C@@H](O[C@@H]5O[C@H](CO)[C@H](O)[C@H](O)[C@H]5O)[C@H](O)CO)cc4)c3)cc2)ccc1Cl. The molecule has 3 unspecified atom stereocenters. The summed E-state index contributed by atoms with van der Waals surface area (Å²) in [4.78, 5) is 109. The van der Waals surface area contributed by atoms with Crippen LogP contribution in [0, 0.1) is 18.8 Å². The summed E-state index contributed by atoms with van der Waals surface area (Å²) in [7, 11) is 1.52. The molecule has 25 heteroatoms. The number of nitrogens with two attached hydrogens (primary N) is 1. The number of amides is 3. The van der Waals surface area contributed by atoms with Gasteiger partial charge in [-0.1, -0.05) is 67.1 Å². The molecule has 1 fully saturated rings. The minimum Gasteiger partial charge on any atom is -0.457 e. The number of aliphatic hydroxyl groups is 8. The van der Waals surface area contributed by atoms with Crippen molar-refractivity contribution < 1.29 is 98.2 Å². The van der Waals surface area contributed by atoms with Gasteiger partial charge in [0.2, 0.25) is 11.8 Å². The van der Waals surface area contributed by atoms with Crippen molar-refractivity contribution in [3.63, 3.8) is 0 Å². The molecule has 1 aromatic heterocycles. The predicted octanol–water partition coefficient (Wildman–Crippen LogP) is 1.34. The molecule has 1 aliphatic rings. The highest BCUT2D eigenvalue weighted by molar-refractivity contribution is 6.31. The van der Waals surface area contributed by atoms with Crippen molar-refractivity contribution in [1.29, 1.82) is 0 Å². The summed E-state index contributed by atoms with van der Waals surface area (Å²) in [6.07, 6.45) is -18.2. The van der Waals surface area contributed by atoms with Crippen LogP contribution in [-0.4, -0.2) is 186 Å². The average molecular weight is 1190 g/mol. The Morgan fingerprint density at radius 1 is 0.762 bits per heavy atom. The van der Waals surface area contributed by atoms with Crippen molar-refractivity contribution >= 4 is 58.4 Å². The second-order valence-electron chi connectivity index (χ2n) is 20.9. The molecule has 5 rings (SSSR count). The van der Waals surface area contributed by atoms with Crippen LogP contribution in [-0.2, 0) is 68.8 Å². The molecule has 4 aromatic rings. The largest absolute Gasteiger partial charge is 0.457 e. The number of nitrogens with zero attached hydrogens (tertiary/aromatic N) is 2. The number of Topliss-reactive ketones (excluding diaryl/α,β-unsaturated/α-hetero) is 5. The second-order valence-corrected chi connectivity index (χ2v) is 21.3. The lowest BCUT2D eigenvalue weighted by Gasteiger charge is -2.42. The van der Waals surface area contributed by atoms with Gasteiger partial charge < -0.3 is 75.8 Å². The number of nitrogens with one attached hydrogen (secondary N) is 1. The first kappa shape index (κ1) is 67.8.